The lowest BCUT2D eigenvalue weighted by Crippen LogP contribution is -2.31. The maximum Gasteiger partial charge on any atom is 0.187 e. The quantitative estimate of drug-likeness (QED) is 0.452. The second-order valence-corrected chi connectivity index (χ2v) is 5.30. The molecule has 0 aliphatic carbocycles. The normalized spacial score (nSPS) is 10.1. The molecule has 0 atom stereocenters. The van der Waals surface area contributed by atoms with Gasteiger partial charge in [0.2, 0.25) is 0 Å². The number of rotatable bonds is 7. The Balaban J connectivity index is 1.86. The highest BCUT2D eigenvalue weighted by Gasteiger charge is 2.04. The molecule has 0 unspecified atom stereocenters. The predicted octanol–water partition coefficient (Wildman–Crippen LogP) is 2.60. The number of nitrogens with one attached hydrogen (secondary N) is 2. The second kappa shape index (κ2) is 9.90. The van der Waals surface area contributed by atoms with Crippen molar-refractivity contribution in [3.8, 4) is 17.6 Å². The Kier molecular flexibility index (Phi) is 7.22. The number of thiocarbonyl (C=S) groups is 1. The van der Waals surface area contributed by atoms with Crippen LogP contribution in [0.4, 0.5) is 0 Å². The summed E-state index contributed by atoms with van der Waals surface area (Å²) in [5.41, 5.74) is 4.70. The number of ether oxygens (including phenoxy) is 2. The van der Waals surface area contributed by atoms with E-state index in [1.165, 1.54) is 7.11 Å². The first-order valence-corrected chi connectivity index (χ1v) is 7.92. The lowest BCUT2D eigenvalue weighted by molar-refractivity contribution is 0.329. The molecule has 7 heteroatoms. The third kappa shape index (κ3) is 6.12. The van der Waals surface area contributed by atoms with Gasteiger partial charge in [-0.1, -0.05) is 30.3 Å². The van der Waals surface area contributed by atoms with Gasteiger partial charge in [0.15, 0.2) is 23.2 Å². The summed E-state index contributed by atoms with van der Waals surface area (Å²) in [5.74, 6) is 1.04. The summed E-state index contributed by atoms with van der Waals surface area (Å²) in [6, 6.07) is 17.2. The molecule has 2 rings (SSSR count). The van der Waals surface area contributed by atoms with Crippen LogP contribution in [-0.2, 0) is 6.54 Å². The van der Waals surface area contributed by atoms with Crippen LogP contribution in [-0.4, -0.2) is 25.0 Å². The summed E-state index contributed by atoms with van der Waals surface area (Å²) >= 11 is 5.17. The molecule has 0 aliphatic rings. The van der Waals surface area contributed by atoms with Gasteiger partial charge in [0.05, 0.1) is 13.3 Å². The standard InChI is InChI=1S/C18H18N4O2S/c1-23-17-11-15(7-8-16(17)24-10-9-19)13-21-22-18(25)20-12-14-5-3-2-4-6-14/h2-8,11,13H,10,12H2,1H3,(H2,20,22,25)/b21-13-. The molecule has 25 heavy (non-hydrogen) atoms. The molecule has 0 saturated heterocycles. The van der Waals surface area contributed by atoms with Crippen LogP contribution in [0.2, 0.25) is 0 Å². The summed E-state index contributed by atoms with van der Waals surface area (Å²) in [6.45, 7) is 0.591. The zero-order chi connectivity index (χ0) is 17.9. The molecule has 0 radical (unpaired) electrons. The molecule has 0 aromatic heterocycles. The number of hydrogen-bond donors (Lipinski definition) is 2. The third-order valence-electron chi connectivity index (χ3n) is 3.16. The molecule has 0 fully saturated rings. The predicted molar refractivity (Wildman–Crippen MR) is 101 cm³/mol. The molecular weight excluding hydrogens is 336 g/mol. The first-order chi connectivity index (χ1) is 12.2. The van der Waals surface area contributed by atoms with Crippen LogP contribution in [0.25, 0.3) is 0 Å². The van der Waals surface area contributed by atoms with Gasteiger partial charge >= 0.3 is 0 Å². The minimum Gasteiger partial charge on any atom is -0.493 e. The van der Waals surface area contributed by atoms with Crippen LogP contribution in [0, 0.1) is 11.3 Å². The van der Waals surface area contributed by atoms with Gasteiger partial charge in [-0.05, 0) is 41.5 Å². The summed E-state index contributed by atoms with van der Waals surface area (Å²) in [5, 5.41) is 16.2. The number of hydrazone groups is 1. The molecule has 0 heterocycles. The number of nitrogens with zero attached hydrogens (tertiary/aromatic N) is 2. The van der Waals surface area contributed by atoms with Crippen LogP contribution in [0.15, 0.2) is 53.6 Å². The second-order valence-electron chi connectivity index (χ2n) is 4.90. The number of benzene rings is 2. The molecule has 2 aromatic rings. The lowest BCUT2D eigenvalue weighted by atomic mass is 10.2. The number of methoxy groups -OCH3 is 1. The average molecular weight is 354 g/mol. The van der Waals surface area contributed by atoms with Gasteiger partial charge in [0, 0.05) is 6.54 Å². The highest BCUT2D eigenvalue weighted by Crippen LogP contribution is 2.27. The van der Waals surface area contributed by atoms with Gasteiger partial charge in [0.1, 0.15) is 6.07 Å². The molecule has 0 spiro atoms. The average Bonchev–Trinajstić information content (AvgIpc) is 2.66. The SMILES string of the molecule is COc1cc(/C=N\NC(=S)NCc2ccccc2)ccc1OCC#N. The van der Waals surface area contributed by atoms with E-state index in [9.17, 15) is 0 Å². The Morgan fingerprint density at radius 1 is 1.24 bits per heavy atom. The fourth-order valence-corrected chi connectivity index (χ4v) is 2.10. The zero-order valence-corrected chi connectivity index (χ0v) is 14.5. The van der Waals surface area contributed by atoms with Crippen molar-refractivity contribution in [2.24, 2.45) is 5.10 Å². The summed E-state index contributed by atoms with van der Waals surface area (Å²) in [7, 11) is 1.54. The van der Waals surface area contributed by atoms with Crippen molar-refractivity contribution in [3.05, 3.63) is 59.7 Å². The van der Waals surface area contributed by atoms with E-state index in [-0.39, 0.29) is 6.61 Å². The molecule has 6 nitrogen and oxygen atoms in total. The Labute approximate surface area is 152 Å². The van der Waals surface area contributed by atoms with Gasteiger partial charge in [-0.3, -0.25) is 5.43 Å². The van der Waals surface area contributed by atoms with Crippen molar-refractivity contribution in [1.29, 1.82) is 5.26 Å². The van der Waals surface area contributed by atoms with Crippen molar-refractivity contribution < 1.29 is 9.47 Å². The first-order valence-electron chi connectivity index (χ1n) is 7.51. The van der Waals surface area contributed by atoms with Crippen molar-refractivity contribution in [3.63, 3.8) is 0 Å². The van der Waals surface area contributed by atoms with Crippen LogP contribution in [0.3, 0.4) is 0 Å². The fraction of sp³-hybridized carbons (Fsp3) is 0.167. The zero-order valence-electron chi connectivity index (χ0n) is 13.7. The van der Waals surface area contributed by atoms with Crippen LogP contribution in [0.1, 0.15) is 11.1 Å². The van der Waals surface area contributed by atoms with E-state index in [1.54, 1.807) is 24.4 Å². The third-order valence-corrected chi connectivity index (χ3v) is 3.39. The lowest BCUT2D eigenvalue weighted by Gasteiger charge is -2.09. The Bertz CT molecular complexity index is 772. The van der Waals surface area contributed by atoms with E-state index in [2.05, 4.69) is 15.8 Å². The molecule has 0 aliphatic heterocycles. The molecule has 0 bridgehead atoms. The highest BCUT2D eigenvalue weighted by molar-refractivity contribution is 7.80. The highest BCUT2D eigenvalue weighted by atomic mass is 32.1. The Morgan fingerprint density at radius 3 is 2.76 bits per heavy atom. The van der Waals surface area contributed by atoms with E-state index in [0.717, 1.165) is 11.1 Å². The summed E-state index contributed by atoms with van der Waals surface area (Å²) in [4.78, 5) is 0. The number of hydrogen-bond acceptors (Lipinski definition) is 5. The smallest absolute Gasteiger partial charge is 0.187 e. The van der Waals surface area contributed by atoms with Gasteiger partial charge in [0.25, 0.3) is 0 Å². The van der Waals surface area contributed by atoms with Crippen LogP contribution >= 0.6 is 12.2 Å². The molecular formula is C18H18N4O2S. The van der Waals surface area contributed by atoms with Crippen molar-refractivity contribution in [2.75, 3.05) is 13.7 Å². The monoisotopic (exact) mass is 354 g/mol. The van der Waals surface area contributed by atoms with E-state index < -0.39 is 0 Å². The molecule has 128 valence electrons. The molecule has 0 saturated carbocycles. The minimum absolute atomic E-state index is 0.0350. The Hall–Kier alpha value is -3.11. The minimum atomic E-state index is -0.0350. The molecule has 2 aromatic carbocycles. The van der Waals surface area contributed by atoms with Crippen molar-refractivity contribution >= 4 is 23.5 Å². The maximum atomic E-state index is 8.57. The number of nitriles is 1. The molecule has 0 amide bonds. The van der Waals surface area contributed by atoms with Crippen LogP contribution < -0.4 is 20.2 Å². The van der Waals surface area contributed by atoms with E-state index in [1.807, 2.05) is 36.4 Å². The van der Waals surface area contributed by atoms with Gasteiger partial charge in [-0.2, -0.15) is 10.4 Å². The van der Waals surface area contributed by atoms with Gasteiger partial charge < -0.3 is 14.8 Å². The fourth-order valence-electron chi connectivity index (χ4n) is 1.98. The van der Waals surface area contributed by atoms with E-state index >= 15 is 0 Å². The van der Waals surface area contributed by atoms with E-state index in [4.69, 9.17) is 27.0 Å². The van der Waals surface area contributed by atoms with Gasteiger partial charge in [-0.25, -0.2) is 0 Å². The summed E-state index contributed by atoms with van der Waals surface area (Å²) in [6.07, 6.45) is 1.62. The van der Waals surface area contributed by atoms with Crippen molar-refractivity contribution in [2.45, 2.75) is 6.54 Å². The summed E-state index contributed by atoms with van der Waals surface area (Å²) < 4.78 is 10.5. The van der Waals surface area contributed by atoms with Crippen molar-refractivity contribution in [1.82, 2.24) is 10.7 Å². The van der Waals surface area contributed by atoms with Crippen LogP contribution in [0.5, 0.6) is 11.5 Å². The first kappa shape index (κ1) is 18.2. The topological polar surface area (TPSA) is 78.7 Å². The largest absolute Gasteiger partial charge is 0.493 e. The molecule has 2 N–H and O–H groups in total. The van der Waals surface area contributed by atoms with Gasteiger partial charge in [-0.15, -0.1) is 0 Å². The Morgan fingerprint density at radius 2 is 2.04 bits per heavy atom. The van der Waals surface area contributed by atoms with E-state index in [0.29, 0.717) is 23.2 Å². The maximum absolute atomic E-state index is 8.57.